The third kappa shape index (κ3) is 8.73. The molecule has 1 heterocycles. The highest BCUT2D eigenvalue weighted by Gasteiger charge is 2.05. The molecule has 120 valence electrons. The van der Waals surface area contributed by atoms with Gasteiger partial charge in [0.05, 0.1) is 0 Å². The minimum Gasteiger partial charge on any atom is -0.385 e. The van der Waals surface area contributed by atoms with Crippen LogP contribution in [0.25, 0.3) is 0 Å². The van der Waals surface area contributed by atoms with Gasteiger partial charge in [-0.25, -0.2) is 0 Å². The van der Waals surface area contributed by atoms with Crippen LogP contribution in [0.4, 0.5) is 0 Å². The van der Waals surface area contributed by atoms with Crippen molar-refractivity contribution in [1.29, 1.82) is 0 Å². The van der Waals surface area contributed by atoms with Gasteiger partial charge in [0.1, 0.15) is 0 Å². The Kier molecular flexibility index (Phi) is 9.91. The van der Waals surface area contributed by atoms with Gasteiger partial charge in [0, 0.05) is 38.7 Å². The summed E-state index contributed by atoms with van der Waals surface area (Å²) in [6.45, 7) is 5.03. The molecule has 5 heteroatoms. The van der Waals surface area contributed by atoms with Gasteiger partial charge in [0.2, 0.25) is 0 Å². The van der Waals surface area contributed by atoms with Crippen LogP contribution < -0.4 is 10.6 Å². The first-order valence-electron chi connectivity index (χ1n) is 7.72. The lowest BCUT2D eigenvalue weighted by molar-refractivity contribution is 0.192. The molecule has 1 rings (SSSR count). The molecule has 0 aliphatic rings. The second kappa shape index (κ2) is 11.6. The largest absolute Gasteiger partial charge is 0.385 e. The number of rotatable bonds is 10. The molecular weight excluding hydrogens is 282 g/mol. The van der Waals surface area contributed by atoms with Crippen molar-refractivity contribution in [3.05, 3.63) is 22.4 Å². The molecule has 21 heavy (non-hydrogen) atoms. The second-order valence-electron chi connectivity index (χ2n) is 5.32. The average Bonchev–Trinajstić information content (AvgIpc) is 2.98. The van der Waals surface area contributed by atoms with Crippen molar-refractivity contribution in [1.82, 2.24) is 10.6 Å². The van der Waals surface area contributed by atoms with Crippen LogP contribution in [0.3, 0.4) is 0 Å². The third-order valence-electron chi connectivity index (χ3n) is 3.29. The van der Waals surface area contributed by atoms with E-state index in [-0.39, 0.29) is 0 Å². The lowest BCUT2D eigenvalue weighted by atomic mass is 10.1. The van der Waals surface area contributed by atoms with E-state index in [2.05, 4.69) is 40.1 Å². The minimum absolute atomic E-state index is 0.601. The standard InChI is InChI=1S/C16H29N3OS/c1-14(12-15-8-7-11-21-15)13-19-16(17-2)18-9-5-4-6-10-20-3/h7-8,11,14H,4-6,9-10,12-13H2,1-3H3,(H2,17,18,19). The van der Waals surface area contributed by atoms with E-state index >= 15 is 0 Å². The number of nitrogens with one attached hydrogen (secondary N) is 2. The van der Waals surface area contributed by atoms with Gasteiger partial charge in [0.25, 0.3) is 0 Å². The van der Waals surface area contributed by atoms with Crippen molar-refractivity contribution in [2.45, 2.75) is 32.6 Å². The number of unbranched alkanes of at least 4 members (excludes halogenated alkanes) is 2. The molecule has 0 saturated carbocycles. The number of hydrogen-bond acceptors (Lipinski definition) is 3. The molecule has 0 aromatic carbocycles. The summed E-state index contributed by atoms with van der Waals surface area (Å²) < 4.78 is 5.04. The predicted molar refractivity (Wildman–Crippen MR) is 92.3 cm³/mol. The lowest BCUT2D eigenvalue weighted by Crippen LogP contribution is -2.40. The fourth-order valence-corrected chi connectivity index (χ4v) is 2.96. The van der Waals surface area contributed by atoms with Crippen molar-refractivity contribution in [2.75, 3.05) is 33.9 Å². The highest BCUT2D eigenvalue weighted by molar-refractivity contribution is 7.09. The topological polar surface area (TPSA) is 45.7 Å². The number of aliphatic imine (C=N–C) groups is 1. The quantitative estimate of drug-likeness (QED) is 0.397. The first-order valence-corrected chi connectivity index (χ1v) is 8.60. The molecule has 2 N–H and O–H groups in total. The first-order chi connectivity index (χ1) is 10.3. The SMILES string of the molecule is CN=C(NCCCCCOC)NCC(C)Cc1cccs1. The van der Waals surface area contributed by atoms with Crippen LogP contribution in [-0.4, -0.2) is 39.8 Å². The monoisotopic (exact) mass is 311 g/mol. The Labute approximate surface area is 133 Å². The molecule has 0 saturated heterocycles. The summed E-state index contributed by atoms with van der Waals surface area (Å²) in [5.41, 5.74) is 0. The average molecular weight is 311 g/mol. The fourth-order valence-electron chi connectivity index (χ4n) is 2.09. The molecule has 0 fully saturated rings. The summed E-state index contributed by atoms with van der Waals surface area (Å²) in [5, 5.41) is 8.90. The van der Waals surface area contributed by atoms with Crippen LogP contribution in [-0.2, 0) is 11.2 Å². The van der Waals surface area contributed by atoms with E-state index < -0.39 is 0 Å². The summed E-state index contributed by atoms with van der Waals surface area (Å²) >= 11 is 1.83. The van der Waals surface area contributed by atoms with Gasteiger partial charge in [-0.2, -0.15) is 0 Å². The summed E-state index contributed by atoms with van der Waals surface area (Å²) in [5.74, 6) is 1.50. The predicted octanol–water partition coefficient (Wildman–Crippen LogP) is 2.91. The van der Waals surface area contributed by atoms with Crippen LogP contribution >= 0.6 is 11.3 Å². The molecule has 1 atom stereocenters. The fraction of sp³-hybridized carbons (Fsp3) is 0.688. The number of thiophene rings is 1. The number of hydrogen-bond donors (Lipinski definition) is 2. The second-order valence-corrected chi connectivity index (χ2v) is 6.35. The Morgan fingerprint density at radius 1 is 1.33 bits per heavy atom. The van der Waals surface area contributed by atoms with E-state index in [9.17, 15) is 0 Å². The van der Waals surface area contributed by atoms with Crippen molar-refractivity contribution in [2.24, 2.45) is 10.9 Å². The van der Waals surface area contributed by atoms with Crippen molar-refractivity contribution < 1.29 is 4.74 Å². The summed E-state index contributed by atoms with van der Waals surface area (Å²) in [4.78, 5) is 5.71. The minimum atomic E-state index is 0.601. The van der Waals surface area contributed by atoms with Crippen molar-refractivity contribution >= 4 is 17.3 Å². The number of ether oxygens (including phenoxy) is 1. The molecule has 0 aliphatic heterocycles. The zero-order valence-corrected chi connectivity index (χ0v) is 14.3. The van der Waals surface area contributed by atoms with E-state index in [1.165, 1.54) is 11.3 Å². The molecule has 0 radical (unpaired) electrons. The van der Waals surface area contributed by atoms with Gasteiger partial charge in [0.15, 0.2) is 5.96 Å². The van der Waals surface area contributed by atoms with Crippen molar-refractivity contribution in [3.8, 4) is 0 Å². The number of guanidine groups is 1. The smallest absolute Gasteiger partial charge is 0.190 e. The molecule has 0 amide bonds. The van der Waals surface area contributed by atoms with Gasteiger partial charge >= 0.3 is 0 Å². The van der Waals surface area contributed by atoms with Crippen LogP contribution in [0, 0.1) is 5.92 Å². The molecule has 1 aromatic heterocycles. The lowest BCUT2D eigenvalue weighted by Gasteiger charge is -2.15. The van der Waals surface area contributed by atoms with E-state index in [4.69, 9.17) is 4.74 Å². The van der Waals surface area contributed by atoms with Gasteiger partial charge in [-0.3, -0.25) is 4.99 Å². The van der Waals surface area contributed by atoms with E-state index in [1.807, 2.05) is 18.4 Å². The molecular formula is C16H29N3OS. The Morgan fingerprint density at radius 2 is 2.19 bits per heavy atom. The number of nitrogens with zero attached hydrogens (tertiary/aromatic N) is 1. The molecule has 0 spiro atoms. The summed E-state index contributed by atoms with van der Waals surface area (Å²) in [7, 11) is 3.57. The number of methoxy groups -OCH3 is 1. The summed E-state index contributed by atoms with van der Waals surface area (Å²) in [6.07, 6.45) is 4.59. The third-order valence-corrected chi connectivity index (χ3v) is 4.19. The zero-order valence-electron chi connectivity index (χ0n) is 13.5. The molecule has 4 nitrogen and oxygen atoms in total. The van der Waals surface area contributed by atoms with Crippen LogP contribution in [0.1, 0.15) is 31.1 Å². The van der Waals surface area contributed by atoms with Gasteiger partial charge < -0.3 is 15.4 Å². The maximum absolute atomic E-state index is 5.04. The Morgan fingerprint density at radius 3 is 2.86 bits per heavy atom. The maximum Gasteiger partial charge on any atom is 0.190 e. The normalized spacial score (nSPS) is 13.2. The van der Waals surface area contributed by atoms with Gasteiger partial charge in [-0.1, -0.05) is 13.0 Å². The maximum atomic E-state index is 5.04. The first kappa shape index (κ1) is 18.0. The Bertz CT molecular complexity index is 379. The Hall–Kier alpha value is -1.07. The van der Waals surface area contributed by atoms with Gasteiger partial charge in [-0.15, -0.1) is 11.3 Å². The van der Waals surface area contributed by atoms with Crippen LogP contribution in [0.5, 0.6) is 0 Å². The van der Waals surface area contributed by atoms with Crippen LogP contribution in [0.2, 0.25) is 0 Å². The van der Waals surface area contributed by atoms with Crippen molar-refractivity contribution in [3.63, 3.8) is 0 Å². The summed E-state index contributed by atoms with van der Waals surface area (Å²) in [6, 6.07) is 4.32. The Balaban J connectivity index is 2.10. The van der Waals surface area contributed by atoms with Gasteiger partial charge in [-0.05, 0) is 43.0 Å². The van der Waals surface area contributed by atoms with E-state index in [0.29, 0.717) is 5.92 Å². The molecule has 0 bridgehead atoms. The molecule has 1 unspecified atom stereocenters. The molecule has 0 aliphatic carbocycles. The highest BCUT2D eigenvalue weighted by Crippen LogP contribution is 2.13. The zero-order chi connectivity index (χ0) is 15.3. The van der Waals surface area contributed by atoms with Crippen LogP contribution in [0.15, 0.2) is 22.5 Å². The highest BCUT2D eigenvalue weighted by atomic mass is 32.1. The van der Waals surface area contributed by atoms with E-state index in [0.717, 1.165) is 44.9 Å². The molecule has 1 aromatic rings. The van der Waals surface area contributed by atoms with E-state index in [1.54, 1.807) is 7.11 Å².